The van der Waals surface area contributed by atoms with E-state index in [1.807, 2.05) is 0 Å². The molecule has 0 aromatic heterocycles. The Morgan fingerprint density at radius 3 is 1.67 bits per heavy atom. The summed E-state index contributed by atoms with van der Waals surface area (Å²) in [5, 5.41) is 0. The van der Waals surface area contributed by atoms with E-state index in [0.29, 0.717) is 18.4 Å². The summed E-state index contributed by atoms with van der Waals surface area (Å²) in [5.41, 5.74) is 0.340. The lowest BCUT2D eigenvalue weighted by Gasteiger charge is -2.33. The molecular weight excluding hydrogens is 312 g/mol. The molecular formula is C18H28O6. The minimum Gasteiger partial charge on any atom is -0.455 e. The molecule has 136 valence electrons. The van der Waals surface area contributed by atoms with E-state index in [-0.39, 0.29) is 12.2 Å². The van der Waals surface area contributed by atoms with Crippen LogP contribution in [0.1, 0.15) is 58.3 Å². The normalized spacial score (nSPS) is 30.2. The maximum Gasteiger partial charge on any atom is 0.509 e. The highest BCUT2D eigenvalue weighted by atomic mass is 16.7. The lowest BCUT2D eigenvalue weighted by molar-refractivity contribution is -0.155. The highest BCUT2D eigenvalue weighted by Gasteiger charge is 2.34. The van der Waals surface area contributed by atoms with E-state index < -0.39 is 24.3 Å². The molecule has 2 fully saturated rings. The van der Waals surface area contributed by atoms with Crippen molar-refractivity contribution in [1.29, 1.82) is 0 Å². The first kappa shape index (κ1) is 18.8. The van der Waals surface area contributed by atoms with Crippen LogP contribution in [0.3, 0.4) is 0 Å². The van der Waals surface area contributed by atoms with Crippen LogP contribution < -0.4 is 0 Å². The number of methoxy groups -OCH3 is 1. The molecule has 24 heavy (non-hydrogen) atoms. The Labute approximate surface area is 143 Å². The fourth-order valence-electron chi connectivity index (χ4n) is 3.31. The van der Waals surface area contributed by atoms with Gasteiger partial charge >= 0.3 is 12.1 Å². The van der Waals surface area contributed by atoms with E-state index in [0.717, 1.165) is 38.5 Å². The molecule has 2 saturated carbocycles. The van der Waals surface area contributed by atoms with Crippen LogP contribution in [0.15, 0.2) is 12.2 Å². The summed E-state index contributed by atoms with van der Waals surface area (Å²) in [6.07, 6.45) is 5.05. The van der Waals surface area contributed by atoms with E-state index >= 15 is 0 Å². The molecule has 0 aliphatic heterocycles. The zero-order valence-electron chi connectivity index (χ0n) is 14.6. The second-order valence-electron chi connectivity index (χ2n) is 6.63. The van der Waals surface area contributed by atoms with E-state index in [9.17, 15) is 9.59 Å². The van der Waals surface area contributed by atoms with Gasteiger partial charge in [-0.15, -0.1) is 0 Å². The monoisotopic (exact) mass is 340 g/mol. The van der Waals surface area contributed by atoms with Crippen LogP contribution in [-0.2, 0) is 23.7 Å². The van der Waals surface area contributed by atoms with Crippen molar-refractivity contribution in [2.24, 2.45) is 0 Å². The van der Waals surface area contributed by atoms with E-state index in [4.69, 9.17) is 18.9 Å². The molecule has 2 rings (SSSR count). The Hall–Kier alpha value is -1.56. The highest BCUT2D eigenvalue weighted by molar-refractivity contribution is 5.87. The Bertz CT molecular complexity index is 460. The molecule has 6 nitrogen and oxygen atoms in total. The van der Waals surface area contributed by atoms with E-state index in [1.165, 1.54) is 0 Å². The number of hydrogen-bond acceptors (Lipinski definition) is 6. The highest BCUT2D eigenvalue weighted by Crippen LogP contribution is 2.27. The van der Waals surface area contributed by atoms with Crippen molar-refractivity contribution in [3.05, 3.63) is 12.2 Å². The average Bonchev–Trinajstić information content (AvgIpc) is 2.57. The molecule has 0 radical (unpaired) electrons. The van der Waals surface area contributed by atoms with Gasteiger partial charge < -0.3 is 18.9 Å². The van der Waals surface area contributed by atoms with Crippen LogP contribution in [-0.4, -0.2) is 43.7 Å². The SMILES string of the molecule is C=C(C)C(=O)OC1CCCCC1OC(=O)OC1CCCCC1OC. The Morgan fingerprint density at radius 1 is 0.792 bits per heavy atom. The van der Waals surface area contributed by atoms with Crippen LogP contribution >= 0.6 is 0 Å². The summed E-state index contributed by atoms with van der Waals surface area (Å²) in [6.45, 7) is 5.18. The summed E-state index contributed by atoms with van der Waals surface area (Å²) in [6, 6.07) is 0. The fraction of sp³-hybridized carbons (Fsp3) is 0.778. The first-order valence-electron chi connectivity index (χ1n) is 8.77. The van der Waals surface area contributed by atoms with Gasteiger partial charge in [0, 0.05) is 12.7 Å². The Kier molecular flexibility index (Phi) is 7.09. The molecule has 0 heterocycles. The molecule has 0 N–H and O–H groups in total. The molecule has 0 amide bonds. The summed E-state index contributed by atoms with van der Waals surface area (Å²) in [7, 11) is 1.63. The molecule has 6 heteroatoms. The van der Waals surface area contributed by atoms with Gasteiger partial charge in [0.2, 0.25) is 0 Å². The minimum absolute atomic E-state index is 0.0744. The van der Waals surface area contributed by atoms with Gasteiger partial charge in [-0.3, -0.25) is 0 Å². The molecule has 0 spiro atoms. The fourth-order valence-corrected chi connectivity index (χ4v) is 3.31. The Balaban J connectivity index is 1.88. The van der Waals surface area contributed by atoms with Gasteiger partial charge in [-0.25, -0.2) is 9.59 Å². The van der Waals surface area contributed by atoms with E-state index in [1.54, 1.807) is 14.0 Å². The van der Waals surface area contributed by atoms with E-state index in [2.05, 4.69) is 6.58 Å². The van der Waals surface area contributed by atoms with Crippen molar-refractivity contribution in [2.75, 3.05) is 7.11 Å². The van der Waals surface area contributed by atoms with Crippen molar-refractivity contribution < 1.29 is 28.5 Å². The number of esters is 1. The number of carbonyl (C=O) groups excluding carboxylic acids is 2. The first-order valence-corrected chi connectivity index (χ1v) is 8.77. The van der Waals surface area contributed by atoms with Crippen LogP contribution in [0.25, 0.3) is 0 Å². The first-order chi connectivity index (χ1) is 11.5. The van der Waals surface area contributed by atoms with Crippen LogP contribution in [0.5, 0.6) is 0 Å². The minimum atomic E-state index is -0.702. The predicted molar refractivity (Wildman–Crippen MR) is 87.6 cm³/mol. The quantitative estimate of drug-likeness (QED) is 0.563. The largest absolute Gasteiger partial charge is 0.509 e. The maximum atomic E-state index is 12.1. The molecule has 4 atom stereocenters. The molecule has 0 bridgehead atoms. The van der Waals surface area contributed by atoms with Crippen molar-refractivity contribution in [1.82, 2.24) is 0 Å². The molecule has 2 aliphatic carbocycles. The number of rotatable bonds is 5. The number of ether oxygens (including phenoxy) is 4. The van der Waals surface area contributed by atoms with Gasteiger partial charge in [0.15, 0.2) is 0 Å². The lowest BCUT2D eigenvalue weighted by Crippen LogP contribution is -2.40. The molecule has 0 aromatic carbocycles. The standard InChI is InChI=1S/C18H28O6/c1-12(2)17(19)22-15-10-6-7-11-16(15)24-18(20)23-14-9-5-4-8-13(14)21-3/h13-16H,1,4-11H2,2-3H3. The second kappa shape index (κ2) is 9.06. The van der Waals surface area contributed by atoms with Gasteiger partial charge in [-0.05, 0) is 51.9 Å². The third-order valence-corrected chi connectivity index (χ3v) is 4.69. The lowest BCUT2D eigenvalue weighted by atomic mass is 9.94. The van der Waals surface area contributed by atoms with Crippen molar-refractivity contribution in [3.63, 3.8) is 0 Å². The number of carbonyl (C=O) groups is 2. The average molecular weight is 340 g/mol. The summed E-state index contributed by atoms with van der Waals surface area (Å²) in [5.74, 6) is -0.449. The number of hydrogen-bond donors (Lipinski definition) is 0. The molecule has 2 aliphatic rings. The topological polar surface area (TPSA) is 71.1 Å². The molecule has 4 unspecified atom stereocenters. The smallest absolute Gasteiger partial charge is 0.455 e. The van der Waals surface area contributed by atoms with Crippen molar-refractivity contribution in [2.45, 2.75) is 82.7 Å². The summed E-state index contributed by atoms with van der Waals surface area (Å²) < 4.78 is 21.7. The van der Waals surface area contributed by atoms with Crippen LogP contribution in [0, 0.1) is 0 Å². The third kappa shape index (κ3) is 5.23. The second-order valence-corrected chi connectivity index (χ2v) is 6.63. The van der Waals surface area contributed by atoms with Gasteiger partial charge in [0.25, 0.3) is 0 Å². The predicted octanol–water partition coefficient (Wildman–Crippen LogP) is 3.53. The zero-order chi connectivity index (χ0) is 17.5. The van der Waals surface area contributed by atoms with Crippen LogP contribution in [0.2, 0.25) is 0 Å². The summed E-state index contributed by atoms with van der Waals surface area (Å²) >= 11 is 0. The van der Waals surface area contributed by atoms with Crippen LogP contribution in [0.4, 0.5) is 4.79 Å². The summed E-state index contributed by atoms with van der Waals surface area (Å²) in [4.78, 5) is 23.9. The van der Waals surface area contributed by atoms with Gasteiger partial charge in [0.05, 0.1) is 6.10 Å². The van der Waals surface area contributed by atoms with Gasteiger partial charge in [-0.1, -0.05) is 13.0 Å². The van der Waals surface area contributed by atoms with Gasteiger partial charge in [-0.2, -0.15) is 0 Å². The van der Waals surface area contributed by atoms with Gasteiger partial charge in [0.1, 0.15) is 18.3 Å². The van der Waals surface area contributed by atoms with Crippen molar-refractivity contribution >= 4 is 12.1 Å². The third-order valence-electron chi connectivity index (χ3n) is 4.69. The van der Waals surface area contributed by atoms with Crippen molar-refractivity contribution in [3.8, 4) is 0 Å². The molecule has 0 saturated heterocycles. The Morgan fingerprint density at radius 2 is 1.21 bits per heavy atom. The zero-order valence-corrected chi connectivity index (χ0v) is 14.6. The molecule has 0 aromatic rings. The maximum absolute atomic E-state index is 12.1.